The monoisotopic (exact) mass is 1250 g/mol. The summed E-state index contributed by atoms with van der Waals surface area (Å²) in [6.45, 7) is 0. The van der Waals surface area contributed by atoms with E-state index in [0.717, 1.165) is 135 Å². The lowest BCUT2D eigenvalue weighted by Gasteiger charge is -2.51. The second-order valence-electron chi connectivity index (χ2n) is 24.7. The highest BCUT2D eigenvalue weighted by molar-refractivity contribution is 5.82. The normalized spacial score (nSPS) is 14.6. The summed E-state index contributed by atoms with van der Waals surface area (Å²) in [7, 11) is 0. The molecular formula is C90H60N8. The quantitative estimate of drug-likeness (QED) is 0.106. The molecule has 0 atom stereocenters. The molecule has 460 valence electrons. The summed E-state index contributed by atoms with van der Waals surface area (Å²) in [4.78, 5) is 38.3. The van der Waals surface area contributed by atoms with Gasteiger partial charge in [0.15, 0.2) is 0 Å². The molecule has 0 amide bonds. The van der Waals surface area contributed by atoms with Gasteiger partial charge >= 0.3 is 0 Å². The summed E-state index contributed by atoms with van der Waals surface area (Å²) < 4.78 is 0. The number of hydrogen-bond donors (Lipinski definition) is 0. The zero-order valence-corrected chi connectivity index (χ0v) is 53.2. The summed E-state index contributed by atoms with van der Waals surface area (Å²) in [6.07, 6.45) is 14.9. The van der Waals surface area contributed by atoms with Gasteiger partial charge in [0.05, 0.1) is 56.4 Å². The van der Waals surface area contributed by atoms with Crippen LogP contribution in [0.25, 0.3) is 112 Å². The van der Waals surface area contributed by atoms with Gasteiger partial charge in [0.1, 0.15) is 0 Å². The van der Waals surface area contributed by atoms with Crippen LogP contribution in [-0.4, -0.2) is 39.9 Å². The van der Waals surface area contributed by atoms with Crippen LogP contribution in [0.5, 0.6) is 0 Å². The van der Waals surface area contributed by atoms with Crippen LogP contribution in [0.4, 0.5) is 0 Å². The Kier molecular flexibility index (Phi) is 15.2. The first-order valence-corrected chi connectivity index (χ1v) is 32.9. The number of pyridine rings is 8. The molecule has 8 heterocycles. The summed E-state index contributed by atoms with van der Waals surface area (Å²) in [5.74, 6) is 0. The van der Waals surface area contributed by atoms with Gasteiger partial charge in [-0.05, 0) is 185 Å². The van der Waals surface area contributed by atoms with E-state index in [-0.39, 0.29) is 0 Å². The van der Waals surface area contributed by atoms with Crippen LogP contribution >= 0.6 is 0 Å². The summed E-state index contributed by atoms with van der Waals surface area (Å²) in [5.41, 5.74) is 26.8. The molecule has 0 saturated heterocycles. The zero-order chi connectivity index (χ0) is 65.2. The molecule has 8 nitrogen and oxygen atoms in total. The summed E-state index contributed by atoms with van der Waals surface area (Å²) in [5, 5.41) is 0. The molecule has 0 radical (unpaired) electrons. The Labute approximate surface area is 569 Å². The van der Waals surface area contributed by atoms with Crippen molar-refractivity contribution < 1.29 is 0 Å². The molecule has 1 aliphatic carbocycles. The van der Waals surface area contributed by atoms with Crippen LogP contribution < -0.4 is 0 Å². The Bertz CT molecular complexity index is 4960. The van der Waals surface area contributed by atoms with Gasteiger partial charge in [-0.25, -0.2) is 9.97 Å². The predicted molar refractivity (Wildman–Crippen MR) is 393 cm³/mol. The average Bonchev–Trinajstić information content (AvgIpc) is 0.674. The molecule has 98 heavy (non-hydrogen) atoms. The highest BCUT2D eigenvalue weighted by Crippen LogP contribution is 2.60. The maximum atomic E-state index is 5.14. The molecule has 0 unspecified atom stereocenters. The fourth-order valence-corrected chi connectivity index (χ4v) is 14.5. The van der Waals surface area contributed by atoms with E-state index in [2.05, 4.69) is 268 Å². The molecule has 0 fully saturated rings. The lowest BCUT2D eigenvalue weighted by molar-refractivity contribution is 0.615. The SMILES string of the molecule is c1ccc(-c2cc(-c3ccccn3)nc(-c3ccc(-c4ccc(C5(c6ccc(-c7cccnc7)cc6)c6ccccc6C(c6ccc(-c7ccc(-c8cc(-c9ccccn9)nc(-c9ccccn9)c8)cc7)cc6)(c6ccc(-c7cccnc7)cc6)c6ccccc65)cc4)cn3)c2)cc1. The second-order valence-corrected chi connectivity index (χ2v) is 24.7. The minimum Gasteiger partial charge on any atom is -0.264 e. The highest BCUT2D eigenvalue weighted by atomic mass is 14.8. The first kappa shape index (κ1) is 58.8. The van der Waals surface area contributed by atoms with Crippen LogP contribution in [0.2, 0.25) is 0 Å². The van der Waals surface area contributed by atoms with E-state index < -0.39 is 10.8 Å². The van der Waals surface area contributed by atoms with E-state index in [1.807, 2.05) is 104 Å². The van der Waals surface area contributed by atoms with Gasteiger partial charge in [-0.15, -0.1) is 0 Å². The van der Waals surface area contributed by atoms with Crippen molar-refractivity contribution >= 4 is 0 Å². The predicted octanol–water partition coefficient (Wildman–Crippen LogP) is 20.6. The van der Waals surface area contributed by atoms with Crippen molar-refractivity contribution in [2.24, 2.45) is 0 Å². The van der Waals surface area contributed by atoms with E-state index in [1.54, 1.807) is 18.6 Å². The topological polar surface area (TPSA) is 103 Å². The molecule has 17 rings (SSSR count). The number of rotatable bonds is 14. The fourth-order valence-electron chi connectivity index (χ4n) is 14.5. The molecule has 0 aliphatic heterocycles. The summed E-state index contributed by atoms with van der Waals surface area (Å²) >= 11 is 0. The van der Waals surface area contributed by atoms with Crippen LogP contribution in [0.1, 0.15) is 44.5 Å². The maximum absolute atomic E-state index is 5.14. The van der Waals surface area contributed by atoms with Crippen molar-refractivity contribution in [2.75, 3.05) is 0 Å². The van der Waals surface area contributed by atoms with E-state index in [1.165, 1.54) is 22.3 Å². The fraction of sp³-hybridized carbons (Fsp3) is 0.0222. The minimum absolute atomic E-state index is 0.775. The third-order valence-corrected chi connectivity index (χ3v) is 19.2. The van der Waals surface area contributed by atoms with Crippen LogP contribution in [-0.2, 0) is 10.8 Å². The molecule has 0 N–H and O–H groups in total. The Balaban J connectivity index is 0.795. The Morgan fingerprint density at radius 3 is 0.765 bits per heavy atom. The number of hydrogen-bond acceptors (Lipinski definition) is 8. The van der Waals surface area contributed by atoms with Crippen LogP contribution in [0.3, 0.4) is 0 Å². The first-order chi connectivity index (χ1) is 48.5. The van der Waals surface area contributed by atoms with Gasteiger partial charge in [-0.3, -0.25) is 29.9 Å². The molecule has 16 aromatic rings. The Hall–Kier alpha value is -13.0. The van der Waals surface area contributed by atoms with E-state index >= 15 is 0 Å². The van der Waals surface area contributed by atoms with Crippen molar-refractivity contribution in [2.45, 2.75) is 10.8 Å². The van der Waals surface area contributed by atoms with E-state index in [4.69, 9.17) is 15.0 Å². The first-order valence-electron chi connectivity index (χ1n) is 32.9. The van der Waals surface area contributed by atoms with Gasteiger partial charge < -0.3 is 0 Å². The van der Waals surface area contributed by atoms with Gasteiger partial charge in [-0.1, -0.05) is 237 Å². The molecule has 1 aliphatic rings. The molecule has 8 heteroatoms. The van der Waals surface area contributed by atoms with Crippen molar-refractivity contribution in [3.63, 3.8) is 0 Å². The third-order valence-electron chi connectivity index (χ3n) is 19.2. The third kappa shape index (κ3) is 10.6. The standard InChI is InChI=1S/C90H60N8/c1-2-16-61(17-3-1)71-54-85(81-24-8-11-51-93-81)98-88(55-71)84-48-39-70(60-96-84)66-37-46-76(47-38-66)90(75-44-35-65(36-45-75)69-19-15-50-92-59-69)79-22-6-4-20-77(79)89(78-21-5-7-23-80(78)90,74-42-33-64(34-43-74)68-18-14-49-91-58-68)73-40-31-63(32-41-73)62-27-29-67(30-28-62)72-56-86(82-25-9-12-52-94-82)97-87(57-72)83-26-10-13-53-95-83/h1-60H. The van der Waals surface area contributed by atoms with Crippen molar-refractivity contribution in [3.05, 3.63) is 410 Å². The molecule has 0 spiro atoms. The van der Waals surface area contributed by atoms with Crippen molar-refractivity contribution in [3.8, 4) is 112 Å². The lowest BCUT2D eigenvalue weighted by atomic mass is 9.50. The zero-order valence-electron chi connectivity index (χ0n) is 53.2. The Morgan fingerprint density at radius 2 is 0.449 bits per heavy atom. The van der Waals surface area contributed by atoms with E-state index in [9.17, 15) is 0 Å². The molecule has 0 bridgehead atoms. The van der Waals surface area contributed by atoms with Crippen LogP contribution in [0.15, 0.2) is 365 Å². The maximum Gasteiger partial charge on any atom is 0.0900 e. The number of aromatic nitrogens is 8. The number of benzene rings is 8. The number of fused-ring (bicyclic) bond motifs is 2. The highest BCUT2D eigenvalue weighted by Gasteiger charge is 2.53. The Morgan fingerprint density at radius 1 is 0.173 bits per heavy atom. The lowest BCUT2D eigenvalue weighted by Crippen LogP contribution is -2.45. The molecular weight excluding hydrogens is 1190 g/mol. The van der Waals surface area contributed by atoms with Gasteiger partial charge in [-0.2, -0.15) is 0 Å². The number of nitrogens with zero attached hydrogens (tertiary/aromatic N) is 8. The average molecular weight is 1250 g/mol. The minimum atomic E-state index is -0.811. The summed E-state index contributed by atoms with van der Waals surface area (Å²) in [6, 6.07) is 113. The van der Waals surface area contributed by atoms with E-state index in [0.29, 0.717) is 0 Å². The second kappa shape index (κ2) is 25.4. The van der Waals surface area contributed by atoms with Crippen molar-refractivity contribution in [1.29, 1.82) is 0 Å². The molecule has 0 saturated carbocycles. The van der Waals surface area contributed by atoms with Crippen LogP contribution in [0, 0.1) is 0 Å². The van der Waals surface area contributed by atoms with Gasteiger partial charge in [0, 0.05) is 55.1 Å². The van der Waals surface area contributed by atoms with Gasteiger partial charge in [0.2, 0.25) is 0 Å². The van der Waals surface area contributed by atoms with Gasteiger partial charge in [0.25, 0.3) is 0 Å². The molecule has 8 aromatic carbocycles. The molecule has 8 aromatic heterocycles. The van der Waals surface area contributed by atoms with Crippen molar-refractivity contribution in [1.82, 2.24) is 39.9 Å². The smallest absolute Gasteiger partial charge is 0.0900 e. The largest absolute Gasteiger partial charge is 0.264 e.